The molecular formula is C19H22ClNO4. The zero-order valence-electron chi connectivity index (χ0n) is 14.4. The second-order valence-corrected chi connectivity index (χ2v) is 5.78. The summed E-state index contributed by atoms with van der Waals surface area (Å²) in [5.74, 6) is 1.44. The number of amides is 1. The van der Waals surface area contributed by atoms with Gasteiger partial charge < -0.3 is 19.5 Å². The Balaban J connectivity index is 1.72. The molecule has 0 aromatic heterocycles. The van der Waals surface area contributed by atoms with Crippen LogP contribution in [0.4, 0.5) is 4.79 Å². The van der Waals surface area contributed by atoms with Gasteiger partial charge in [0, 0.05) is 24.1 Å². The molecule has 134 valence electrons. The van der Waals surface area contributed by atoms with Crippen LogP contribution in [0.3, 0.4) is 0 Å². The van der Waals surface area contributed by atoms with Crippen LogP contribution >= 0.6 is 11.6 Å². The molecule has 0 atom stereocenters. The Kier molecular flexibility index (Phi) is 7.41. The fraction of sp³-hybridized carbons (Fsp3) is 0.316. The Hall–Kier alpha value is -2.40. The molecule has 0 unspecified atom stereocenters. The van der Waals surface area contributed by atoms with Crippen LogP contribution in [-0.4, -0.2) is 33.5 Å². The molecule has 2 aromatic carbocycles. The maximum Gasteiger partial charge on any atom is 0.407 e. The van der Waals surface area contributed by atoms with Gasteiger partial charge in [0.1, 0.15) is 11.5 Å². The molecular weight excluding hydrogens is 342 g/mol. The highest BCUT2D eigenvalue weighted by atomic mass is 35.5. The normalized spacial score (nSPS) is 10.2. The highest BCUT2D eigenvalue weighted by molar-refractivity contribution is 6.31. The monoisotopic (exact) mass is 363 g/mol. The number of hydrogen-bond acceptors (Lipinski definition) is 4. The van der Waals surface area contributed by atoms with E-state index in [0.29, 0.717) is 24.4 Å². The zero-order valence-corrected chi connectivity index (χ0v) is 15.1. The van der Waals surface area contributed by atoms with Gasteiger partial charge in [-0.2, -0.15) is 0 Å². The van der Waals surface area contributed by atoms with Crippen LogP contribution in [0.2, 0.25) is 5.02 Å². The second-order valence-electron chi connectivity index (χ2n) is 5.38. The van der Waals surface area contributed by atoms with Crippen LogP contribution in [0.25, 0.3) is 0 Å². The highest BCUT2D eigenvalue weighted by Gasteiger charge is 2.05. The minimum atomic E-state index is -0.443. The topological polar surface area (TPSA) is 56.8 Å². The second kappa shape index (κ2) is 9.79. The van der Waals surface area contributed by atoms with Crippen molar-refractivity contribution in [1.82, 2.24) is 5.32 Å². The first-order chi connectivity index (χ1) is 12.1. The van der Waals surface area contributed by atoms with Gasteiger partial charge >= 0.3 is 6.09 Å². The molecule has 0 spiro atoms. The molecule has 2 rings (SSSR count). The average Bonchev–Trinajstić information content (AvgIpc) is 2.63. The minimum Gasteiger partial charge on any atom is -0.497 e. The molecule has 0 fully saturated rings. The van der Waals surface area contributed by atoms with Crippen molar-refractivity contribution >= 4 is 17.7 Å². The number of hydrogen-bond donors (Lipinski definition) is 1. The smallest absolute Gasteiger partial charge is 0.407 e. The van der Waals surface area contributed by atoms with Crippen molar-refractivity contribution in [2.75, 3.05) is 27.4 Å². The van der Waals surface area contributed by atoms with Crippen molar-refractivity contribution in [3.8, 4) is 11.5 Å². The molecule has 0 aliphatic rings. The van der Waals surface area contributed by atoms with Crippen LogP contribution in [0.1, 0.15) is 11.1 Å². The fourth-order valence-corrected chi connectivity index (χ4v) is 2.56. The number of rotatable bonds is 8. The van der Waals surface area contributed by atoms with E-state index < -0.39 is 6.09 Å². The van der Waals surface area contributed by atoms with Crippen LogP contribution < -0.4 is 14.8 Å². The van der Waals surface area contributed by atoms with E-state index in [0.717, 1.165) is 22.6 Å². The number of methoxy groups -OCH3 is 2. The first-order valence-electron chi connectivity index (χ1n) is 7.98. The van der Waals surface area contributed by atoms with E-state index in [2.05, 4.69) is 5.32 Å². The Morgan fingerprint density at radius 2 is 1.72 bits per heavy atom. The van der Waals surface area contributed by atoms with E-state index in [1.165, 1.54) is 0 Å². The van der Waals surface area contributed by atoms with Crippen LogP contribution in [0.15, 0.2) is 42.5 Å². The van der Waals surface area contributed by atoms with Crippen molar-refractivity contribution in [2.24, 2.45) is 0 Å². The summed E-state index contributed by atoms with van der Waals surface area (Å²) < 4.78 is 15.6. The van der Waals surface area contributed by atoms with Gasteiger partial charge in [0.05, 0.1) is 20.8 Å². The quantitative estimate of drug-likeness (QED) is 0.773. The van der Waals surface area contributed by atoms with E-state index in [9.17, 15) is 4.79 Å². The Bertz CT molecular complexity index is 683. The maximum absolute atomic E-state index is 11.7. The van der Waals surface area contributed by atoms with E-state index in [-0.39, 0.29) is 6.61 Å². The van der Waals surface area contributed by atoms with Crippen LogP contribution in [-0.2, 0) is 17.6 Å². The van der Waals surface area contributed by atoms with Gasteiger partial charge in [0.15, 0.2) is 0 Å². The van der Waals surface area contributed by atoms with Gasteiger partial charge in [-0.25, -0.2) is 4.79 Å². The summed E-state index contributed by atoms with van der Waals surface area (Å²) in [6.07, 6.45) is 0.787. The predicted octanol–water partition coefficient (Wildman–Crippen LogP) is 3.87. The van der Waals surface area contributed by atoms with Gasteiger partial charge in [0.2, 0.25) is 0 Å². The molecule has 0 saturated carbocycles. The molecule has 0 radical (unpaired) electrons. The van der Waals surface area contributed by atoms with Gasteiger partial charge in [0.25, 0.3) is 0 Å². The van der Waals surface area contributed by atoms with Crippen molar-refractivity contribution in [3.63, 3.8) is 0 Å². The van der Waals surface area contributed by atoms with Gasteiger partial charge in [-0.05, 0) is 35.7 Å². The number of halogens is 1. The lowest BCUT2D eigenvalue weighted by Gasteiger charge is -2.10. The maximum atomic E-state index is 11.7. The standard InChI is InChI=1S/C19H22ClNO4/c1-23-16-11-14(12-17(13-16)24-2)7-9-21-19(22)25-10-8-15-5-3-4-6-18(15)20/h3-6,11-13H,7-10H2,1-2H3,(H,21,22). The third-order valence-corrected chi connectivity index (χ3v) is 4.03. The highest BCUT2D eigenvalue weighted by Crippen LogP contribution is 2.22. The summed E-state index contributed by atoms with van der Waals surface area (Å²) in [6.45, 7) is 0.740. The van der Waals surface area contributed by atoms with E-state index >= 15 is 0 Å². The molecule has 0 aliphatic heterocycles. The van der Waals surface area contributed by atoms with Crippen LogP contribution in [0, 0.1) is 0 Å². The summed E-state index contributed by atoms with van der Waals surface area (Å²) in [7, 11) is 3.21. The molecule has 6 heteroatoms. The average molecular weight is 364 g/mol. The largest absolute Gasteiger partial charge is 0.497 e. The van der Waals surface area contributed by atoms with Crippen LogP contribution in [0.5, 0.6) is 11.5 Å². The first kappa shape index (κ1) is 18.9. The van der Waals surface area contributed by atoms with E-state index in [1.807, 2.05) is 36.4 Å². The Labute approximate surface area is 152 Å². The molecule has 0 bridgehead atoms. The first-order valence-corrected chi connectivity index (χ1v) is 8.36. The summed E-state index contributed by atoms with van der Waals surface area (Å²) in [5.41, 5.74) is 1.97. The molecule has 0 aliphatic carbocycles. The lowest BCUT2D eigenvalue weighted by Crippen LogP contribution is -2.27. The summed E-state index contributed by atoms with van der Waals surface area (Å²) >= 11 is 6.06. The van der Waals surface area contributed by atoms with Gasteiger partial charge in [-0.15, -0.1) is 0 Å². The van der Waals surface area contributed by atoms with Crippen molar-refractivity contribution in [2.45, 2.75) is 12.8 Å². The molecule has 5 nitrogen and oxygen atoms in total. The molecule has 2 aromatic rings. The summed E-state index contributed by atoms with van der Waals surface area (Å²) in [5, 5.41) is 3.41. The Morgan fingerprint density at radius 1 is 1.04 bits per heavy atom. The number of carbonyl (C=O) groups is 1. The lowest BCUT2D eigenvalue weighted by atomic mass is 10.1. The van der Waals surface area contributed by atoms with Crippen molar-refractivity contribution in [3.05, 3.63) is 58.6 Å². The van der Waals surface area contributed by atoms with Gasteiger partial charge in [-0.1, -0.05) is 29.8 Å². The number of carbonyl (C=O) groups excluding carboxylic acids is 1. The SMILES string of the molecule is COc1cc(CCNC(=O)OCCc2ccccc2Cl)cc(OC)c1. The van der Waals surface area contributed by atoms with E-state index in [1.54, 1.807) is 20.3 Å². The minimum absolute atomic E-state index is 0.280. The third kappa shape index (κ3) is 6.19. The summed E-state index contributed by atoms with van der Waals surface area (Å²) in [6, 6.07) is 13.1. The van der Waals surface area contributed by atoms with Crippen molar-refractivity contribution in [1.29, 1.82) is 0 Å². The lowest BCUT2D eigenvalue weighted by molar-refractivity contribution is 0.147. The van der Waals surface area contributed by atoms with Gasteiger partial charge in [-0.3, -0.25) is 0 Å². The molecule has 0 heterocycles. The number of benzene rings is 2. The zero-order chi connectivity index (χ0) is 18.1. The predicted molar refractivity (Wildman–Crippen MR) is 97.8 cm³/mol. The Morgan fingerprint density at radius 3 is 2.36 bits per heavy atom. The molecule has 1 N–H and O–H groups in total. The number of alkyl carbamates (subject to hydrolysis) is 1. The fourth-order valence-electron chi connectivity index (χ4n) is 2.33. The molecule has 1 amide bonds. The third-order valence-electron chi connectivity index (χ3n) is 3.66. The number of nitrogens with one attached hydrogen (secondary N) is 1. The van der Waals surface area contributed by atoms with E-state index in [4.69, 9.17) is 25.8 Å². The molecule has 25 heavy (non-hydrogen) atoms. The van der Waals surface area contributed by atoms with Crippen molar-refractivity contribution < 1.29 is 19.0 Å². The number of ether oxygens (including phenoxy) is 3. The molecule has 0 saturated heterocycles. The summed E-state index contributed by atoms with van der Waals surface area (Å²) in [4.78, 5) is 11.7.